The molecule has 0 heterocycles. The molecule has 0 aliphatic heterocycles. The van der Waals surface area contributed by atoms with Crippen molar-refractivity contribution in [2.75, 3.05) is 6.61 Å². The van der Waals surface area contributed by atoms with Crippen molar-refractivity contribution in [1.29, 1.82) is 0 Å². The van der Waals surface area contributed by atoms with E-state index in [-0.39, 0.29) is 30.8 Å². The maximum Gasteiger partial charge on any atom is 0.417 e. The molecule has 0 radical (unpaired) electrons. The van der Waals surface area contributed by atoms with Crippen molar-refractivity contribution in [2.24, 2.45) is 17.8 Å². The molecule has 2 saturated carbocycles. The molecule has 22 heavy (non-hydrogen) atoms. The van der Waals surface area contributed by atoms with E-state index in [1.807, 2.05) is 6.92 Å². The summed E-state index contributed by atoms with van der Waals surface area (Å²) in [7, 11) is 0. The normalized spacial score (nSPS) is 37.1. The molecule has 5 atom stereocenters. The maximum atomic E-state index is 12.9. The summed E-state index contributed by atoms with van der Waals surface area (Å²) in [5.74, 6) is -0.982. The largest absolute Gasteiger partial charge is 0.465 e. The van der Waals surface area contributed by atoms with Crippen LogP contribution >= 0.6 is 22.6 Å². The minimum Gasteiger partial charge on any atom is -0.465 e. The van der Waals surface area contributed by atoms with Gasteiger partial charge in [0.05, 0.1) is 6.61 Å². The third kappa shape index (κ3) is 3.25. The number of hydrogen-bond donors (Lipinski definition) is 1. The highest BCUT2D eigenvalue weighted by Crippen LogP contribution is 2.59. The predicted octanol–water partition coefficient (Wildman–Crippen LogP) is 3.86. The zero-order valence-corrected chi connectivity index (χ0v) is 14.9. The van der Waals surface area contributed by atoms with Crippen molar-refractivity contribution < 1.29 is 27.8 Å². The summed E-state index contributed by atoms with van der Waals surface area (Å²) in [5, 5.41) is 9.88. The molecule has 5 unspecified atom stereocenters. The van der Waals surface area contributed by atoms with E-state index in [4.69, 9.17) is 4.74 Å². The van der Waals surface area contributed by atoms with Gasteiger partial charge in [-0.15, -0.1) is 0 Å². The van der Waals surface area contributed by atoms with Gasteiger partial charge >= 0.3 is 12.1 Å². The van der Waals surface area contributed by atoms with E-state index < -0.39 is 21.1 Å². The van der Waals surface area contributed by atoms with Crippen LogP contribution in [0.1, 0.15) is 46.0 Å². The monoisotopic (exact) mass is 434 g/mol. The van der Waals surface area contributed by atoms with Gasteiger partial charge in [0.2, 0.25) is 0 Å². The maximum absolute atomic E-state index is 12.9. The van der Waals surface area contributed by atoms with E-state index in [1.165, 1.54) is 0 Å². The number of rotatable bonds is 5. The zero-order valence-electron chi connectivity index (χ0n) is 12.8. The number of aliphatic hydroxyl groups is 1. The molecule has 3 nitrogen and oxygen atoms in total. The number of ether oxygens (including phenoxy) is 1. The zero-order chi connectivity index (χ0) is 16.8. The second-order valence-electron chi connectivity index (χ2n) is 6.79. The first-order chi connectivity index (χ1) is 10.0. The van der Waals surface area contributed by atoms with E-state index >= 15 is 0 Å². The summed E-state index contributed by atoms with van der Waals surface area (Å²) >= 11 is 2.05. The van der Waals surface area contributed by atoms with Crippen LogP contribution in [0.25, 0.3) is 0 Å². The van der Waals surface area contributed by atoms with Crippen LogP contribution in [0.4, 0.5) is 13.2 Å². The van der Waals surface area contributed by atoms with Gasteiger partial charge in [-0.25, -0.2) is 0 Å². The third-order valence-corrected chi connectivity index (χ3v) is 6.60. The Balaban J connectivity index is 1.82. The van der Waals surface area contributed by atoms with Crippen LogP contribution in [0.2, 0.25) is 0 Å². The summed E-state index contributed by atoms with van der Waals surface area (Å²) in [6, 6.07) is 0. The number of hydrogen-bond acceptors (Lipinski definition) is 3. The number of halogens is 4. The molecule has 0 amide bonds. The van der Waals surface area contributed by atoms with Crippen LogP contribution < -0.4 is 0 Å². The summed E-state index contributed by atoms with van der Waals surface area (Å²) < 4.78 is 43.5. The first-order valence-corrected chi connectivity index (χ1v) is 8.74. The summed E-state index contributed by atoms with van der Waals surface area (Å²) in [6.45, 7) is 3.95. The minimum absolute atomic E-state index is 0.113. The lowest BCUT2D eigenvalue weighted by atomic mass is 9.77. The fourth-order valence-electron chi connectivity index (χ4n) is 3.72. The van der Waals surface area contributed by atoms with Gasteiger partial charge in [0, 0.05) is 0 Å². The molecule has 2 bridgehead atoms. The predicted molar refractivity (Wildman–Crippen MR) is 83.6 cm³/mol. The first kappa shape index (κ1) is 18.3. The van der Waals surface area contributed by atoms with Crippen molar-refractivity contribution >= 4 is 28.6 Å². The van der Waals surface area contributed by atoms with E-state index in [0.717, 1.165) is 0 Å². The highest BCUT2D eigenvalue weighted by Gasteiger charge is 2.66. The molecule has 0 aromatic rings. The van der Waals surface area contributed by atoms with Gasteiger partial charge in [-0.1, -0.05) is 29.5 Å². The Morgan fingerprint density at radius 3 is 2.50 bits per heavy atom. The molecular weight excluding hydrogens is 412 g/mol. The fourth-order valence-corrected chi connectivity index (χ4v) is 3.87. The topological polar surface area (TPSA) is 46.5 Å². The number of alkyl halides is 4. The Bertz CT molecular complexity index is 438. The Morgan fingerprint density at radius 2 is 2.05 bits per heavy atom. The van der Waals surface area contributed by atoms with Crippen molar-refractivity contribution in [2.45, 2.75) is 61.2 Å². The minimum atomic E-state index is -4.55. The van der Waals surface area contributed by atoms with Crippen molar-refractivity contribution in [3.8, 4) is 0 Å². The molecule has 128 valence electrons. The van der Waals surface area contributed by atoms with Gasteiger partial charge in [-0.3, -0.25) is 4.79 Å². The third-order valence-electron chi connectivity index (χ3n) is 5.39. The van der Waals surface area contributed by atoms with Crippen LogP contribution in [0.15, 0.2) is 0 Å². The van der Waals surface area contributed by atoms with Crippen molar-refractivity contribution in [1.82, 2.24) is 0 Å². The van der Waals surface area contributed by atoms with Crippen LogP contribution in [0, 0.1) is 17.8 Å². The average Bonchev–Trinajstić information content (AvgIpc) is 2.95. The van der Waals surface area contributed by atoms with Crippen LogP contribution in [-0.4, -0.2) is 32.9 Å². The standard InChI is InChI=1S/C15H22F3IO3/c1-3-13(2,19)12(20)22-5-4-9-6-11-7-10(9)8-14(11,21)15(16,17)18/h9-11,21H,3-8H2,1-2H3. The second kappa shape index (κ2) is 6.11. The fraction of sp³-hybridized carbons (Fsp3) is 0.933. The van der Waals surface area contributed by atoms with Crippen molar-refractivity contribution in [3.63, 3.8) is 0 Å². The van der Waals surface area contributed by atoms with E-state index in [9.17, 15) is 23.1 Å². The summed E-state index contributed by atoms with van der Waals surface area (Å²) in [5.41, 5.74) is -2.51. The van der Waals surface area contributed by atoms with E-state index in [2.05, 4.69) is 22.6 Å². The molecule has 0 saturated heterocycles. The molecular formula is C15H22F3IO3. The van der Waals surface area contributed by atoms with Gasteiger partial charge in [-0.2, -0.15) is 13.2 Å². The number of fused-ring (bicyclic) bond motifs is 2. The van der Waals surface area contributed by atoms with E-state index in [1.54, 1.807) is 6.92 Å². The van der Waals surface area contributed by atoms with Crippen LogP contribution in [0.5, 0.6) is 0 Å². The SMILES string of the molecule is CCC(C)(I)C(=O)OCCC1CC2CC1CC2(O)C(F)(F)F. The lowest BCUT2D eigenvalue weighted by molar-refractivity contribution is -0.279. The molecule has 2 aliphatic rings. The van der Waals surface area contributed by atoms with Gasteiger partial charge < -0.3 is 9.84 Å². The highest BCUT2D eigenvalue weighted by molar-refractivity contribution is 14.1. The van der Waals surface area contributed by atoms with Crippen molar-refractivity contribution in [3.05, 3.63) is 0 Å². The van der Waals surface area contributed by atoms with E-state index in [0.29, 0.717) is 25.7 Å². The smallest absolute Gasteiger partial charge is 0.417 e. The molecule has 2 fully saturated rings. The molecule has 2 aliphatic carbocycles. The number of carbonyl (C=O) groups excluding carboxylic acids is 1. The summed E-state index contributed by atoms with van der Waals surface area (Å²) in [4.78, 5) is 11.8. The Labute approximate surface area is 142 Å². The number of carbonyl (C=O) groups is 1. The lowest BCUT2D eigenvalue weighted by Crippen LogP contribution is -2.50. The first-order valence-electron chi connectivity index (χ1n) is 7.66. The quantitative estimate of drug-likeness (QED) is 0.406. The molecule has 7 heteroatoms. The Morgan fingerprint density at radius 1 is 1.41 bits per heavy atom. The molecule has 0 aromatic carbocycles. The highest BCUT2D eigenvalue weighted by atomic mass is 127. The summed E-state index contributed by atoms with van der Waals surface area (Å²) in [6.07, 6.45) is -2.72. The Hall–Kier alpha value is -0.0500. The van der Waals surface area contributed by atoms with Gasteiger partial charge in [-0.05, 0) is 56.8 Å². The lowest BCUT2D eigenvalue weighted by Gasteiger charge is -2.37. The molecule has 0 aromatic heterocycles. The van der Waals surface area contributed by atoms with Gasteiger partial charge in [0.25, 0.3) is 0 Å². The second-order valence-corrected chi connectivity index (χ2v) is 9.17. The molecule has 0 spiro atoms. The van der Waals surface area contributed by atoms with Gasteiger partial charge in [0.15, 0.2) is 5.60 Å². The Kier molecular flexibility index (Phi) is 5.08. The average molecular weight is 434 g/mol. The molecule has 2 rings (SSSR count). The molecule has 1 N–H and O–H groups in total. The van der Waals surface area contributed by atoms with Gasteiger partial charge in [0.1, 0.15) is 3.42 Å². The van der Waals surface area contributed by atoms with Crippen LogP contribution in [-0.2, 0) is 9.53 Å². The van der Waals surface area contributed by atoms with Crippen LogP contribution in [0.3, 0.4) is 0 Å². The number of esters is 1.